The first kappa shape index (κ1) is 16.5. The van der Waals surface area contributed by atoms with Gasteiger partial charge in [0, 0.05) is 37.8 Å². The Morgan fingerprint density at radius 1 is 1.30 bits per heavy atom. The van der Waals surface area contributed by atoms with Gasteiger partial charge < -0.3 is 4.90 Å². The third kappa shape index (κ3) is 3.97. The second-order valence-corrected chi connectivity index (χ2v) is 7.28. The number of nitrogens with zero attached hydrogens (tertiary/aromatic N) is 3. The van der Waals surface area contributed by atoms with Crippen LogP contribution in [0.25, 0.3) is 0 Å². The lowest BCUT2D eigenvalue weighted by Crippen LogP contribution is -2.35. The van der Waals surface area contributed by atoms with Gasteiger partial charge in [-0.1, -0.05) is 6.07 Å². The van der Waals surface area contributed by atoms with E-state index >= 15 is 0 Å². The monoisotopic (exact) mass is 397 g/mol. The number of carbonyl (C=O) groups is 1. The first-order valence-electron chi connectivity index (χ1n) is 7.49. The summed E-state index contributed by atoms with van der Waals surface area (Å²) in [4.78, 5) is 20.9. The summed E-state index contributed by atoms with van der Waals surface area (Å²) in [6.45, 7) is 3.77. The molecular formula is C16H17BrFN3OS. The number of thiazole rings is 1. The quantitative estimate of drug-likeness (QED) is 0.796. The van der Waals surface area contributed by atoms with E-state index in [1.165, 1.54) is 0 Å². The first-order valence-corrected chi connectivity index (χ1v) is 9.16. The van der Waals surface area contributed by atoms with E-state index in [1.54, 1.807) is 34.4 Å². The van der Waals surface area contributed by atoms with E-state index in [0.717, 1.165) is 31.1 Å². The molecule has 1 aromatic carbocycles. The summed E-state index contributed by atoms with van der Waals surface area (Å²) < 4.78 is 14.4. The van der Waals surface area contributed by atoms with Crippen LogP contribution in [0.5, 0.6) is 0 Å². The van der Waals surface area contributed by atoms with Crippen molar-refractivity contribution >= 4 is 33.2 Å². The number of aromatic nitrogens is 1. The summed E-state index contributed by atoms with van der Waals surface area (Å²) in [5.74, 6) is -0.721. The topological polar surface area (TPSA) is 36.4 Å². The zero-order chi connectivity index (χ0) is 16.2. The first-order chi connectivity index (χ1) is 11.1. The van der Waals surface area contributed by atoms with Crippen LogP contribution in [0.1, 0.15) is 21.8 Å². The summed E-state index contributed by atoms with van der Waals surface area (Å²) in [5, 5.41) is 3.06. The van der Waals surface area contributed by atoms with Crippen molar-refractivity contribution in [3.05, 3.63) is 50.6 Å². The summed E-state index contributed by atoms with van der Waals surface area (Å²) >= 11 is 4.78. The van der Waals surface area contributed by atoms with Crippen LogP contribution in [0.4, 0.5) is 4.39 Å². The Bertz CT molecular complexity index is 680. The molecule has 23 heavy (non-hydrogen) atoms. The highest BCUT2D eigenvalue weighted by atomic mass is 79.9. The van der Waals surface area contributed by atoms with Crippen molar-refractivity contribution in [1.29, 1.82) is 0 Å². The molecule has 3 rings (SSSR count). The van der Waals surface area contributed by atoms with E-state index in [2.05, 4.69) is 25.8 Å². The van der Waals surface area contributed by atoms with Crippen LogP contribution in [-0.4, -0.2) is 46.9 Å². The Hall–Kier alpha value is -1.31. The zero-order valence-corrected chi connectivity index (χ0v) is 14.9. The fourth-order valence-corrected chi connectivity index (χ4v) is 3.72. The van der Waals surface area contributed by atoms with Crippen molar-refractivity contribution in [2.75, 3.05) is 26.2 Å². The van der Waals surface area contributed by atoms with Crippen LogP contribution in [-0.2, 0) is 6.54 Å². The molecule has 1 aliphatic rings. The molecule has 0 radical (unpaired) electrons. The van der Waals surface area contributed by atoms with Gasteiger partial charge in [0.15, 0.2) is 0 Å². The van der Waals surface area contributed by atoms with Gasteiger partial charge in [0.1, 0.15) is 10.8 Å². The maximum absolute atomic E-state index is 14.1. The molecule has 2 heterocycles. The molecule has 1 aliphatic heterocycles. The maximum atomic E-state index is 14.1. The highest BCUT2D eigenvalue weighted by Crippen LogP contribution is 2.21. The van der Waals surface area contributed by atoms with E-state index in [1.807, 2.05) is 11.6 Å². The highest BCUT2D eigenvalue weighted by molar-refractivity contribution is 9.10. The van der Waals surface area contributed by atoms with Crippen molar-refractivity contribution in [2.45, 2.75) is 13.0 Å². The molecule has 0 saturated carbocycles. The predicted molar refractivity (Wildman–Crippen MR) is 92.0 cm³/mol. The van der Waals surface area contributed by atoms with Crippen molar-refractivity contribution < 1.29 is 9.18 Å². The molecule has 2 aromatic rings. The summed E-state index contributed by atoms with van der Waals surface area (Å²) in [6.07, 6.45) is 2.69. The van der Waals surface area contributed by atoms with E-state index < -0.39 is 5.82 Å². The number of carbonyl (C=O) groups excluding carboxylic acids is 1. The number of hydrogen-bond acceptors (Lipinski definition) is 4. The third-order valence-electron chi connectivity index (χ3n) is 3.90. The Morgan fingerprint density at radius 3 is 2.96 bits per heavy atom. The van der Waals surface area contributed by atoms with Gasteiger partial charge in [-0.15, -0.1) is 11.3 Å². The Morgan fingerprint density at radius 2 is 2.17 bits per heavy atom. The smallest absolute Gasteiger partial charge is 0.256 e. The van der Waals surface area contributed by atoms with Crippen LogP contribution in [0.2, 0.25) is 0 Å². The van der Waals surface area contributed by atoms with Gasteiger partial charge in [-0.2, -0.15) is 0 Å². The summed E-state index contributed by atoms with van der Waals surface area (Å²) in [7, 11) is 0. The minimum absolute atomic E-state index is 0.132. The normalized spacial score (nSPS) is 16.3. The number of amides is 1. The molecule has 0 unspecified atom stereocenters. The molecular weight excluding hydrogens is 381 g/mol. The van der Waals surface area contributed by atoms with Gasteiger partial charge >= 0.3 is 0 Å². The van der Waals surface area contributed by atoms with Gasteiger partial charge in [-0.25, -0.2) is 9.37 Å². The van der Waals surface area contributed by atoms with E-state index in [-0.39, 0.29) is 11.5 Å². The number of halogens is 2. The minimum Gasteiger partial charge on any atom is -0.337 e. The number of hydrogen-bond donors (Lipinski definition) is 0. The molecule has 1 aromatic heterocycles. The molecule has 122 valence electrons. The molecule has 1 amide bonds. The van der Waals surface area contributed by atoms with Crippen molar-refractivity contribution in [1.82, 2.24) is 14.8 Å². The molecule has 0 N–H and O–H groups in total. The fourth-order valence-electron chi connectivity index (χ4n) is 2.69. The summed E-state index contributed by atoms with van der Waals surface area (Å²) in [6, 6.07) is 4.83. The average Bonchev–Trinajstić information content (AvgIpc) is 2.94. The minimum atomic E-state index is -0.485. The van der Waals surface area contributed by atoms with E-state index in [4.69, 9.17) is 0 Å². The van der Waals surface area contributed by atoms with Gasteiger partial charge in [-0.3, -0.25) is 9.69 Å². The fraction of sp³-hybridized carbons (Fsp3) is 0.375. The molecule has 0 bridgehead atoms. The third-order valence-corrected chi connectivity index (χ3v) is 5.28. The average molecular weight is 398 g/mol. The van der Waals surface area contributed by atoms with Crippen LogP contribution in [0.15, 0.2) is 34.2 Å². The number of rotatable bonds is 3. The standard InChI is InChI=1S/C16H17BrFN3OS/c17-13-4-1-3-12(15(13)18)16(22)21-7-2-6-20(8-9-21)11-14-19-5-10-23-14/h1,3-5,10H,2,6-9,11H2. The molecule has 0 aliphatic carbocycles. The van der Waals surface area contributed by atoms with E-state index in [0.29, 0.717) is 17.6 Å². The lowest BCUT2D eigenvalue weighted by molar-refractivity contribution is 0.0756. The van der Waals surface area contributed by atoms with Crippen molar-refractivity contribution in [2.24, 2.45) is 0 Å². The van der Waals surface area contributed by atoms with Crippen LogP contribution in [0, 0.1) is 5.82 Å². The van der Waals surface area contributed by atoms with Gasteiger partial charge in [-0.05, 0) is 34.5 Å². The zero-order valence-electron chi connectivity index (χ0n) is 12.5. The van der Waals surface area contributed by atoms with Gasteiger partial charge in [0.2, 0.25) is 0 Å². The van der Waals surface area contributed by atoms with Crippen LogP contribution in [0.3, 0.4) is 0 Å². The molecule has 0 atom stereocenters. The SMILES string of the molecule is O=C(c1cccc(Br)c1F)N1CCCN(Cc2nccs2)CC1. The van der Waals surface area contributed by atoms with Gasteiger partial charge in [0.05, 0.1) is 16.6 Å². The maximum Gasteiger partial charge on any atom is 0.256 e. The Balaban J connectivity index is 1.65. The largest absolute Gasteiger partial charge is 0.337 e. The van der Waals surface area contributed by atoms with Crippen molar-refractivity contribution in [3.63, 3.8) is 0 Å². The Labute approximate surface area is 147 Å². The second-order valence-electron chi connectivity index (χ2n) is 5.45. The highest BCUT2D eigenvalue weighted by Gasteiger charge is 2.23. The lowest BCUT2D eigenvalue weighted by atomic mass is 10.2. The molecule has 0 spiro atoms. The molecule has 4 nitrogen and oxygen atoms in total. The van der Waals surface area contributed by atoms with Crippen molar-refractivity contribution in [3.8, 4) is 0 Å². The number of benzene rings is 1. The molecule has 1 fully saturated rings. The van der Waals surface area contributed by atoms with Crippen LogP contribution < -0.4 is 0 Å². The molecule has 1 saturated heterocycles. The molecule has 7 heteroatoms. The Kier molecular flexibility index (Phi) is 5.40. The predicted octanol–water partition coefficient (Wildman–Crippen LogP) is 3.39. The van der Waals surface area contributed by atoms with Gasteiger partial charge in [0.25, 0.3) is 5.91 Å². The lowest BCUT2D eigenvalue weighted by Gasteiger charge is -2.22. The second kappa shape index (κ2) is 7.51. The van der Waals surface area contributed by atoms with E-state index in [9.17, 15) is 9.18 Å². The summed E-state index contributed by atoms with van der Waals surface area (Å²) in [5.41, 5.74) is 0.132. The van der Waals surface area contributed by atoms with Crippen LogP contribution >= 0.6 is 27.3 Å².